The largest absolute Gasteiger partial charge is 0.344 e. The maximum absolute atomic E-state index is 12.6. The Hall–Kier alpha value is -2.67. The molecule has 0 saturated carbocycles. The quantitative estimate of drug-likeness (QED) is 0.851. The summed E-state index contributed by atoms with van der Waals surface area (Å²) in [7, 11) is 0. The highest BCUT2D eigenvalue weighted by Gasteiger charge is 2.24. The van der Waals surface area contributed by atoms with Crippen molar-refractivity contribution in [3.05, 3.63) is 63.0 Å². The summed E-state index contributed by atoms with van der Waals surface area (Å²) in [6.07, 6.45) is 1.27. The molecule has 1 atom stereocenters. The molecular weight excluding hydrogens is 380 g/mol. The first-order valence-corrected chi connectivity index (χ1v) is 9.64. The van der Waals surface area contributed by atoms with Gasteiger partial charge in [-0.25, -0.2) is 4.68 Å². The molecule has 1 saturated heterocycles. The zero-order valence-corrected chi connectivity index (χ0v) is 16.6. The lowest BCUT2D eigenvalue weighted by atomic mass is 10.1. The molecule has 0 unspecified atom stereocenters. The summed E-state index contributed by atoms with van der Waals surface area (Å²) in [5, 5.41) is 7.77. The zero-order valence-electron chi connectivity index (χ0n) is 15.9. The van der Waals surface area contributed by atoms with Gasteiger partial charge in [0.2, 0.25) is 5.91 Å². The molecule has 2 heterocycles. The van der Waals surface area contributed by atoms with Crippen LogP contribution in [0.15, 0.2) is 41.2 Å². The topological polar surface area (TPSA) is 84.3 Å². The summed E-state index contributed by atoms with van der Waals surface area (Å²) in [5.41, 5.74) is 0.814. The van der Waals surface area contributed by atoms with Crippen LogP contribution in [0.25, 0.3) is 0 Å². The molecule has 0 bridgehead atoms. The van der Waals surface area contributed by atoms with E-state index in [0.717, 1.165) is 5.56 Å². The van der Waals surface area contributed by atoms with Crippen molar-refractivity contribution in [2.75, 3.05) is 13.1 Å². The second-order valence-electron chi connectivity index (χ2n) is 6.99. The number of rotatable bonds is 4. The van der Waals surface area contributed by atoms with Gasteiger partial charge in [0.15, 0.2) is 0 Å². The van der Waals surface area contributed by atoms with Crippen molar-refractivity contribution in [2.45, 2.75) is 38.8 Å². The lowest BCUT2D eigenvalue weighted by Crippen LogP contribution is -2.41. The van der Waals surface area contributed by atoms with Crippen molar-refractivity contribution in [2.24, 2.45) is 0 Å². The number of hydrogen-bond donors (Lipinski definition) is 1. The summed E-state index contributed by atoms with van der Waals surface area (Å²) < 4.78 is 1.37. The molecule has 1 N–H and O–H groups in total. The van der Waals surface area contributed by atoms with E-state index in [9.17, 15) is 14.4 Å². The van der Waals surface area contributed by atoms with Gasteiger partial charge in [0.05, 0.1) is 12.1 Å². The van der Waals surface area contributed by atoms with E-state index >= 15 is 0 Å². The van der Waals surface area contributed by atoms with Crippen LogP contribution in [-0.2, 0) is 4.79 Å². The van der Waals surface area contributed by atoms with E-state index in [0.29, 0.717) is 31.0 Å². The average molecular weight is 403 g/mol. The zero-order chi connectivity index (χ0) is 20.3. The molecule has 1 aliphatic rings. The first-order valence-electron chi connectivity index (χ1n) is 9.27. The number of hydrogen-bond acceptors (Lipinski definition) is 4. The van der Waals surface area contributed by atoms with E-state index in [-0.39, 0.29) is 35.2 Å². The van der Waals surface area contributed by atoms with E-state index in [1.807, 2.05) is 19.1 Å². The molecule has 1 aromatic heterocycles. The highest BCUT2D eigenvalue weighted by Crippen LogP contribution is 2.21. The van der Waals surface area contributed by atoms with Gasteiger partial charge < -0.3 is 10.2 Å². The van der Waals surface area contributed by atoms with Crippen LogP contribution in [-0.4, -0.2) is 39.6 Å². The molecule has 1 aliphatic heterocycles. The van der Waals surface area contributed by atoms with Crippen molar-refractivity contribution in [3.8, 4) is 0 Å². The van der Waals surface area contributed by atoms with Crippen LogP contribution in [0.4, 0.5) is 0 Å². The first kappa shape index (κ1) is 20.1. The number of piperidine rings is 1. The molecule has 0 radical (unpaired) electrons. The molecule has 8 heteroatoms. The number of halogens is 1. The third-order valence-electron chi connectivity index (χ3n) is 5.01. The smallest absolute Gasteiger partial charge is 0.272 e. The maximum atomic E-state index is 12.6. The number of carbonyl (C=O) groups excluding carboxylic acids is 2. The lowest BCUT2D eigenvalue weighted by Gasteiger charge is -2.31. The molecule has 2 amide bonds. The van der Waals surface area contributed by atoms with Crippen LogP contribution >= 0.6 is 11.6 Å². The monoisotopic (exact) mass is 402 g/mol. The van der Waals surface area contributed by atoms with Crippen LogP contribution in [0, 0.1) is 0 Å². The summed E-state index contributed by atoms with van der Waals surface area (Å²) in [4.78, 5) is 38.1. The molecule has 0 aliphatic carbocycles. The Labute approximate surface area is 168 Å². The number of benzene rings is 1. The minimum atomic E-state index is -0.359. The Morgan fingerprint density at radius 2 is 1.93 bits per heavy atom. The van der Waals surface area contributed by atoms with Crippen molar-refractivity contribution >= 4 is 23.4 Å². The van der Waals surface area contributed by atoms with Gasteiger partial charge >= 0.3 is 0 Å². The molecule has 148 valence electrons. The van der Waals surface area contributed by atoms with Crippen LogP contribution < -0.4 is 10.9 Å². The standard InChI is InChI=1S/C20H23ClN4O3/c1-13(15-4-3-5-16(21)12-15)22-20(28)18-6-7-19(27)25(23-18)17-8-10-24(11-9-17)14(2)26/h3-7,12-13,17H,8-11H2,1-2H3,(H,22,28)/t13-/m1/s1. The Morgan fingerprint density at radius 3 is 2.57 bits per heavy atom. The number of aromatic nitrogens is 2. The Kier molecular flexibility index (Phi) is 6.14. The van der Waals surface area contributed by atoms with Crippen molar-refractivity contribution in [1.82, 2.24) is 20.0 Å². The van der Waals surface area contributed by atoms with Gasteiger partial charge in [-0.2, -0.15) is 5.10 Å². The van der Waals surface area contributed by atoms with Crippen molar-refractivity contribution < 1.29 is 9.59 Å². The van der Waals surface area contributed by atoms with E-state index < -0.39 is 0 Å². The molecule has 28 heavy (non-hydrogen) atoms. The highest BCUT2D eigenvalue weighted by molar-refractivity contribution is 6.30. The van der Waals surface area contributed by atoms with Gasteiger partial charge in [-0.05, 0) is 43.5 Å². The van der Waals surface area contributed by atoms with Crippen LogP contribution in [0.5, 0.6) is 0 Å². The van der Waals surface area contributed by atoms with Gasteiger partial charge in [0.1, 0.15) is 5.69 Å². The summed E-state index contributed by atoms with van der Waals surface area (Å²) >= 11 is 6.01. The molecular formula is C20H23ClN4O3. The minimum absolute atomic E-state index is 0.0295. The SMILES string of the molecule is CC(=O)N1CCC(n2nc(C(=O)N[C@H](C)c3cccc(Cl)c3)ccc2=O)CC1. The highest BCUT2D eigenvalue weighted by atomic mass is 35.5. The number of nitrogens with one attached hydrogen (secondary N) is 1. The second-order valence-corrected chi connectivity index (χ2v) is 7.43. The summed E-state index contributed by atoms with van der Waals surface area (Å²) in [5.74, 6) is -0.329. The maximum Gasteiger partial charge on any atom is 0.272 e. The number of nitrogens with zero attached hydrogens (tertiary/aromatic N) is 3. The van der Waals surface area contributed by atoms with Gasteiger partial charge in [-0.3, -0.25) is 14.4 Å². The van der Waals surface area contributed by atoms with E-state index in [2.05, 4.69) is 10.4 Å². The van der Waals surface area contributed by atoms with Gasteiger partial charge in [-0.15, -0.1) is 0 Å². The molecule has 1 aromatic carbocycles. The van der Waals surface area contributed by atoms with Gasteiger partial charge in [0.25, 0.3) is 11.5 Å². The normalized spacial score (nSPS) is 15.9. The third kappa shape index (κ3) is 4.59. The molecule has 3 rings (SSSR count). The second kappa shape index (κ2) is 8.56. The Morgan fingerprint density at radius 1 is 1.21 bits per heavy atom. The van der Waals surface area contributed by atoms with E-state index in [4.69, 9.17) is 11.6 Å². The number of amides is 2. The number of carbonyl (C=O) groups is 2. The predicted octanol–water partition coefficient (Wildman–Crippen LogP) is 2.57. The molecule has 2 aromatic rings. The minimum Gasteiger partial charge on any atom is -0.344 e. The van der Waals surface area contributed by atoms with E-state index in [1.165, 1.54) is 23.7 Å². The predicted molar refractivity (Wildman–Crippen MR) is 106 cm³/mol. The van der Waals surface area contributed by atoms with Crippen molar-refractivity contribution in [1.29, 1.82) is 0 Å². The molecule has 0 spiro atoms. The molecule has 7 nitrogen and oxygen atoms in total. The first-order chi connectivity index (χ1) is 13.3. The summed E-state index contributed by atoms with van der Waals surface area (Å²) in [6, 6.07) is 9.69. The average Bonchev–Trinajstić information content (AvgIpc) is 2.68. The lowest BCUT2D eigenvalue weighted by molar-refractivity contribution is -0.130. The van der Waals surface area contributed by atoms with Crippen molar-refractivity contribution in [3.63, 3.8) is 0 Å². The van der Waals surface area contributed by atoms with Crippen LogP contribution in [0.3, 0.4) is 0 Å². The Bertz CT molecular complexity index is 935. The van der Waals surface area contributed by atoms with Gasteiger partial charge in [-0.1, -0.05) is 23.7 Å². The van der Waals surface area contributed by atoms with E-state index in [1.54, 1.807) is 17.0 Å². The summed E-state index contributed by atoms with van der Waals surface area (Å²) in [6.45, 7) is 4.56. The fraction of sp³-hybridized carbons (Fsp3) is 0.400. The Balaban J connectivity index is 1.73. The third-order valence-corrected chi connectivity index (χ3v) is 5.24. The molecule has 1 fully saturated rings. The fourth-order valence-electron chi connectivity index (χ4n) is 3.36. The van der Waals surface area contributed by atoms with Gasteiger partial charge in [0, 0.05) is 31.1 Å². The van der Waals surface area contributed by atoms with Crippen LogP contribution in [0.1, 0.15) is 54.8 Å². The van der Waals surface area contributed by atoms with Crippen LogP contribution in [0.2, 0.25) is 5.02 Å². The number of likely N-dealkylation sites (tertiary alicyclic amines) is 1. The fourth-order valence-corrected chi connectivity index (χ4v) is 3.56.